The zero-order chi connectivity index (χ0) is 18.5. The summed E-state index contributed by atoms with van der Waals surface area (Å²) in [5.41, 5.74) is 5.42. The maximum absolute atomic E-state index is 12.3. The molecule has 0 bridgehead atoms. The van der Waals surface area contributed by atoms with Crippen molar-refractivity contribution in [3.8, 4) is 0 Å². The molecule has 132 valence electrons. The van der Waals surface area contributed by atoms with Gasteiger partial charge in [0, 0.05) is 15.8 Å². The van der Waals surface area contributed by atoms with Crippen LogP contribution in [0.4, 0.5) is 10.5 Å². The van der Waals surface area contributed by atoms with E-state index in [0.717, 1.165) is 10.1 Å². The molecule has 0 aliphatic heterocycles. The van der Waals surface area contributed by atoms with Crippen molar-refractivity contribution in [2.45, 2.75) is 0 Å². The van der Waals surface area contributed by atoms with Gasteiger partial charge in [-0.1, -0.05) is 48.0 Å². The van der Waals surface area contributed by atoms with Crippen molar-refractivity contribution in [1.82, 2.24) is 16.2 Å². The molecule has 3 amide bonds. The first kappa shape index (κ1) is 18.1. The fourth-order valence-electron chi connectivity index (χ4n) is 2.15. The number of carbonyl (C=O) groups is 2. The molecule has 0 unspecified atom stereocenters. The van der Waals surface area contributed by atoms with Gasteiger partial charge in [0.15, 0.2) is 5.11 Å². The molecule has 0 saturated heterocycles. The van der Waals surface area contributed by atoms with E-state index in [4.69, 9.17) is 23.8 Å². The quantitative estimate of drug-likeness (QED) is 0.385. The first-order valence-corrected chi connectivity index (χ1v) is 9.05. The summed E-state index contributed by atoms with van der Waals surface area (Å²) in [6.07, 6.45) is 0. The molecule has 1 heterocycles. The van der Waals surface area contributed by atoms with Crippen molar-refractivity contribution < 1.29 is 9.59 Å². The van der Waals surface area contributed by atoms with E-state index in [-0.39, 0.29) is 5.11 Å². The van der Waals surface area contributed by atoms with Crippen LogP contribution in [0.15, 0.2) is 54.6 Å². The molecule has 26 heavy (non-hydrogen) atoms. The average molecular weight is 405 g/mol. The Morgan fingerprint density at radius 3 is 2.38 bits per heavy atom. The number of urea groups is 1. The van der Waals surface area contributed by atoms with E-state index < -0.39 is 11.9 Å². The highest BCUT2D eigenvalue weighted by molar-refractivity contribution is 7.80. The Kier molecular flexibility index (Phi) is 5.67. The van der Waals surface area contributed by atoms with E-state index in [1.54, 1.807) is 24.3 Å². The lowest BCUT2D eigenvalue weighted by Gasteiger charge is -2.11. The number of thiophene rings is 1. The Labute approximate surface area is 163 Å². The highest BCUT2D eigenvalue weighted by atomic mass is 35.5. The van der Waals surface area contributed by atoms with Gasteiger partial charge in [0.25, 0.3) is 5.91 Å². The topological polar surface area (TPSA) is 82.3 Å². The maximum atomic E-state index is 12.3. The van der Waals surface area contributed by atoms with Crippen LogP contribution in [0.25, 0.3) is 10.1 Å². The lowest BCUT2D eigenvalue weighted by Crippen LogP contribution is -2.49. The molecule has 9 heteroatoms. The minimum absolute atomic E-state index is 0.0493. The second-order valence-corrected chi connectivity index (χ2v) is 6.93. The summed E-state index contributed by atoms with van der Waals surface area (Å²) in [5, 5.41) is 6.22. The van der Waals surface area contributed by atoms with Crippen LogP contribution in [0.2, 0.25) is 5.02 Å². The van der Waals surface area contributed by atoms with Gasteiger partial charge < -0.3 is 5.32 Å². The van der Waals surface area contributed by atoms with Crippen molar-refractivity contribution in [1.29, 1.82) is 0 Å². The van der Waals surface area contributed by atoms with E-state index in [1.807, 2.05) is 30.3 Å². The van der Waals surface area contributed by atoms with Gasteiger partial charge in [-0.3, -0.25) is 15.5 Å². The normalized spacial score (nSPS) is 10.2. The fraction of sp³-hybridized carbons (Fsp3) is 0. The third-order valence-corrected chi connectivity index (χ3v) is 5.17. The Morgan fingerprint density at radius 1 is 0.962 bits per heavy atom. The van der Waals surface area contributed by atoms with Gasteiger partial charge in [-0.25, -0.2) is 10.2 Å². The van der Waals surface area contributed by atoms with Gasteiger partial charge in [-0.05, 0) is 30.4 Å². The Bertz CT molecular complexity index is 975. The van der Waals surface area contributed by atoms with Gasteiger partial charge in [-0.2, -0.15) is 0 Å². The van der Waals surface area contributed by atoms with E-state index in [2.05, 4.69) is 21.5 Å². The monoisotopic (exact) mass is 404 g/mol. The number of thiocarbonyl (C=S) groups is 1. The summed E-state index contributed by atoms with van der Waals surface area (Å²) in [6, 6.07) is 15.8. The molecule has 0 aliphatic rings. The van der Waals surface area contributed by atoms with Crippen molar-refractivity contribution in [3.63, 3.8) is 0 Å². The summed E-state index contributed by atoms with van der Waals surface area (Å²) in [7, 11) is 0. The van der Waals surface area contributed by atoms with Crippen LogP contribution in [0.3, 0.4) is 0 Å². The van der Waals surface area contributed by atoms with Gasteiger partial charge in [0.05, 0.1) is 5.02 Å². The lowest BCUT2D eigenvalue weighted by atomic mass is 10.2. The number of rotatable bonds is 2. The number of halogens is 1. The van der Waals surface area contributed by atoms with Crippen molar-refractivity contribution >= 4 is 68.0 Å². The number of nitrogens with one attached hydrogen (secondary N) is 4. The molecular weight excluding hydrogens is 392 g/mol. The van der Waals surface area contributed by atoms with E-state index in [1.165, 1.54) is 11.3 Å². The number of hydrogen-bond acceptors (Lipinski definition) is 4. The summed E-state index contributed by atoms with van der Waals surface area (Å²) >= 11 is 12.5. The molecule has 6 nitrogen and oxygen atoms in total. The van der Waals surface area contributed by atoms with Crippen LogP contribution in [0.5, 0.6) is 0 Å². The number of anilines is 1. The zero-order valence-electron chi connectivity index (χ0n) is 13.2. The largest absolute Gasteiger partial charge is 0.337 e. The molecule has 4 N–H and O–H groups in total. The first-order valence-electron chi connectivity index (χ1n) is 7.45. The van der Waals surface area contributed by atoms with Crippen LogP contribution < -0.4 is 21.5 Å². The third kappa shape index (κ3) is 4.29. The van der Waals surface area contributed by atoms with Crippen LogP contribution >= 0.6 is 35.2 Å². The minimum atomic E-state index is -0.521. The van der Waals surface area contributed by atoms with Gasteiger partial charge >= 0.3 is 6.03 Å². The number of hydrazine groups is 1. The molecule has 3 aromatic rings. The third-order valence-electron chi connectivity index (χ3n) is 3.29. The number of fused-ring (bicyclic) bond motifs is 1. The Morgan fingerprint density at radius 2 is 1.65 bits per heavy atom. The lowest BCUT2D eigenvalue weighted by molar-refractivity contribution is 0.0980. The minimum Gasteiger partial charge on any atom is -0.307 e. The zero-order valence-corrected chi connectivity index (χ0v) is 15.6. The fourth-order valence-corrected chi connectivity index (χ4v) is 3.70. The highest BCUT2D eigenvalue weighted by Crippen LogP contribution is 2.34. The number of hydrogen-bond donors (Lipinski definition) is 4. The molecule has 0 aliphatic carbocycles. The molecule has 0 atom stereocenters. The molecule has 0 saturated carbocycles. The van der Waals surface area contributed by atoms with Gasteiger partial charge in [0.1, 0.15) is 4.88 Å². The smallest absolute Gasteiger partial charge is 0.307 e. The number of para-hydroxylation sites is 1. The molecule has 1 aromatic heterocycles. The van der Waals surface area contributed by atoms with Crippen molar-refractivity contribution in [3.05, 3.63) is 64.5 Å². The second kappa shape index (κ2) is 8.13. The molecular formula is C17H13ClN4O2S2. The molecule has 0 spiro atoms. The van der Waals surface area contributed by atoms with E-state index in [9.17, 15) is 9.59 Å². The van der Waals surface area contributed by atoms with Gasteiger partial charge in [0.2, 0.25) is 0 Å². The molecule has 0 fully saturated rings. The van der Waals surface area contributed by atoms with Crippen molar-refractivity contribution in [2.75, 3.05) is 5.32 Å². The summed E-state index contributed by atoms with van der Waals surface area (Å²) < 4.78 is 0.905. The first-order chi connectivity index (χ1) is 12.5. The Balaban J connectivity index is 1.55. The van der Waals surface area contributed by atoms with Crippen LogP contribution in [-0.2, 0) is 0 Å². The standard InChI is InChI=1S/C17H13ClN4O2S2/c18-13-11-8-4-5-9-12(11)26-14(13)15(23)20-17(25)22-21-16(24)19-10-6-2-1-3-7-10/h1-9H,(H2,19,21,24)(H2,20,22,23,25). The van der Waals surface area contributed by atoms with Crippen LogP contribution in [-0.4, -0.2) is 17.1 Å². The molecule has 2 aromatic carbocycles. The highest BCUT2D eigenvalue weighted by Gasteiger charge is 2.17. The van der Waals surface area contributed by atoms with Crippen molar-refractivity contribution in [2.24, 2.45) is 0 Å². The second-order valence-electron chi connectivity index (χ2n) is 5.09. The SMILES string of the molecule is O=C(NNC(=S)NC(=O)c1sc2ccccc2c1Cl)Nc1ccccc1. The Hall–Kier alpha value is -2.68. The van der Waals surface area contributed by atoms with Crippen LogP contribution in [0.1, 0.15) is 9.67 Å². The summed E-state index contributed by atoms with van der Waals surface area (Å²) in [5.74, 6) is -0.445. The average Bonchev–Trinajstić information content (AvgIpc) is 2.98. The predicted octanol–water partition coefficient (Wildman–Crippen LogP) is 3.90. The molecule has 3 rings (SSSR count). The van der Waals surface area contributed by atoms with Crippen LogP contribution in [0, 0.1) is 0 Å². The van der Waals surface area contributed by atoms with E-state index in [0.29, 0.717) is 15.6 Å². The summed E-state index contributed by atoms with van der Waals surface area (Å²) in [4.78, 5) is 24.5. The van der Waals surface area contributed by atoms with E-state index >= 15 is 0 Å². The van der Waals surface area contributed by atoms with Gasteiger partial charge in [-0.15, -0.1) is 11.3 Å². The number of benzene rings is 2. The predicted molar refractivity (Wildman–Crippen MR) is 109 cm³/mol. The summed E-state index contributed by atoms with van der Waals surface area (Å²) in [6.45, 7) is 0. The molecule has 0 radical (unpaired) electrons. The maximum Gasteiger partial charge on any atom is 0.337 e. The number of carbonyl (C=O) groups excluding carboxylic acids is 2. The number of amides is 3.